The van der Waals surface area contributed by atoms with Crippen molar-refractivity contribution in [3.63, 3.8) is 0 Å². The topological polar surface area (TPSA) is 36.2 Å². The van der Waals surface area contributed by atoms with Gasteiger partial charge in [0, 0.05) is 4.43 Å². The molecule has 0 amide bonds. The molecule has 0 saturated heterocycles. The van der Waals surface area contributed by atoms with E-state index in [0.717, 1.165) is 16.0 Å². The van der Waals surface area contributed by atoms with Crippen molar-refractivity contribution < 1.29 is 0 Å². The van der Waals surface area contributed by atoms with Crippen molar-refractivity contribution in [2.75, 3.05) is 16.6 Å². The van der Waals surface area contributed by atoms with Crippen molar-refractivity contribution in [1.29, 1.82) is 5.41 Å². The Bertz CT molecular complexity index is 145. The molecule has 1 N–H and O–H groups in total. The first kappa shape index (κ1) is 10.4. The first-order chi connectivity index (χ1) is 4.72. The van der Waals surface area contributed by atoms with E-state index in [1.54, 1.807) is 11.8 Å². The Kier molecular flexibility index (Phi) is 6.41. The van der Waals surface area contributed by atoms with Crippen LogP contribution in [0.3, 0.4) is 0 Å². The number of halogens is 1. The molecule has 0 aromatic rings. The highest BCUT2D eigenvalue weighted by atomic mass is 127. The molecule has 0 bridgehead atoms. The monoisotopic (exact) mass is 270 g/mol. The van der Waals surface area contributed by atoms with Gasteiger partial charge in [0.05, 0.1) is 17.3 Å². The molecule has 0 aromatic carbocycles. The van der Waals surface area contributed by atoms with E-state index in [1.165, 1.54) is 0 Å². The maximum atomic E-state index is 7.37. The average molecular weight is 270 g/mol. The fourth-order valence-corrected chi connectivity index (χ4v) is 1.23. The molecule has 0 saturated carbocycles. The van der Waals surface area contributed by atoms with Crippen LogP contribution < -0.4 is 0 Å². The van der Waals surface area contributed by atoms with Crippen LogP contribution in [0.15, 0.2) is 4.99 Å². The zero-order valence-electron chi connectivity index (χ0n) is 6.15. The average Bonchev–Trinajstić information content (AvgIpc) is 1.98. The first-order valence-electron chi connectivity index (χ1n) is 2.86. The second-order valence-corrected chi connectivity index (χ2v) is 3.37. The summed E-state index contributed by atoms with van der Waals surface area (Å²) in [7, 11) is 0. The van der Waals surface area contributed by atoms with Gasteiger partial charge in [0.25, 0.3) is 0 Å². The highest BCUT2D eigenvalue weighted by molar-refractivity contribution is 14.1. The highest BCUT2D eigenvalue weighted by Crippen LogP contribution is 1.94. The van der Waals surface area contributed by atoms with E-state index >= 15 is 0 Å². The summed E-state index contributed by atoms with van der Waals surface area (Å²) in [5.41, 5.74) is 1.50. The van der Waals surface area contributed by atoms with Gasteiger partial charge in [-0.25, -0.2) is 0 Å². The van der Waals surface area contributed by atoms with Crippen molar-refractivity contribution in [3.05, 3.63) is 0 Å². The van der Waals surface area contributed by atoms with Crippen LogP contribution in [0.5, 0.6) is 0 Å². The Balaban J connectivity index is 3.80. The summed E-state index contributed by atoms with van der Waals surface area (Å²) in [4.78, 5) is 4.16. The molecule has 2 nitrogen and oxygen atoms in total. The van der Waals surface area contributed by atoms with Crippen LogP contribution in [-0.4, -0.2) is 28.0 Å². The van der Waals surface area contributed by atoms with Crippen LogP contribution >= 0.6 is 34.4 Å². The van der Waals surface area contributed by atoms with E-state index in [2.05, 4.69) is 27.6 Å². The van der Waals surface area contributed by atoms with E-state index in [-0.39, 0.29) is 0 Å². The summed E-state index contributed by atoms with van der Waals surface area (Å²) in [5.74, 6) is 0.769. The molecule has 0 aliphatic carbocycles. The summed E-state index contributed by atoms with van der Waals surface area (Å²) in [6, 6.07) is 0. The molecule has 0 aliphatic heterocycles. The smallest absolute Gasteiger partial charge is 0.0845 e. The summed E-state index contributed by atoms with van der Waals surface area (Å²) in [6.07, 6.45) is 2.00. The van der Waals surface area contributed by atoms with Gasteiger partial charge in [-0.05, 0) is 13.2 Å². The molecule has 0 unspecified atom stereocenters. The van der Waals surface area contributed by atoms with Gasteiger partial charge in [-0.1, -0.05) is 22.6 Å². The Hall–Kier alpha value is 0.420. The molecule has 0 rings (SSSR count). The summed E-state index contributed by atoms with van der Waals surface area (Å²) in [5, 5.41) is 7.37. The molecule has 0 aliphatic rings. The van der Waals surface area contributed by atoms with Crippen LogP contribution in [0.4, 0.5) is 0 Å². The zero-order chi connectivity index (χ0) is 7.98. The number of rotatable bonds is 4. The van der Waals surface area contributed by atoms with Crippen LogP contribution in [0, 0.1) is 5.41 Å². The van der Waals surface area contributed by atoms with Crippen LogP contribution in [-0.2, 0) is 0 Å². The van der Waals surface area contributed by atoms with Crippen molar-refractivity contribution in [2.24, 2.45) is 4.99 Å². The maximum Gasteiger partial charge on any atom is 0.0845 e. The Morgan fingerprint density at radius 1 is 1.70 bits per heavy atom. The number of thioether (sulfide) groups is 1. The Morgan fingerprint density at radius 2 is 2.30 bits per heavy atom. The van der Waals surface area contributed by atoms with Crippen molar-refractivity contribution in [1.82, 2.24) is 0 Å². The molecular formula is C6H11IN2S. The lowest BCUT2D eigenvalue weighted by Gasteiger charge is -1.96. The van der Waals surface area contributed by atoms with Crippen molar-refractivity contribution in [2.45, 2.75) is 6.92 Å². The van der Waals surface area contributed by atoms with Gasteiger partial charge in [0.15, 0.2) is 0 Å². The summed E-state index contributed by atoms with van der Waals surface area (Å²) in [6.45, 7) is 1.89. The third-order valence-electron chi connectivity index (χ3n) is 1.00. The van der Waals surface area contributed by atoms with E-state index < -0.39 is 0 Å². The molecule has 0 aromatic heterocycles. The molecule has 0 spiro atoms. The Morgan fingerprint density at radius 3 is 2.70 bits per heavy atom. The number of nitrogens with one attached hydrogen (secondary N) is 1. The quantitative estimate of drug-likeness (QED) is 0.474. The molecule has 4 heteroatoms. The molecule has 0 heterocycles. The van der Waals surface area contributed by atoms with E-state index in [1.807, 2.05) is 13.2 Å². The fourth-order valence-electron chi connectivity index (χ4n) is 0.354. The first-order valence-corrected chi connectivity index (χ1v) is 5.78. The van der Waals surface area contributed by atoms with Gasteiger partial charge in [-0.15, -0.1) is 11.8 Å². The molecule has 58 valence electrons. The standard InChI is InChI=1S/C6H11IN2S/c1-5(6(8)3-7)9-4-10-2/h8H,3-4H2,1-2H3. The number of hydrogen-bond donors (Lipinski definition) is 1. The lowest BCUT2D eigenvalue weighted by molar-refractivity contribution is 1.37. The number of hydrogen-bond acceptors (Lipinski definition) is 3. The van der Waals surface area contributed by atoms with Crippen molar-refractivity contribution in [3.8, 4) is 0 Å². The minimum absolute atomic E-state index is 0.634. The van der Waals surface area contributed by atoms with E-state index in [9.17, 15) is 0 Å². The van der Waals surface area contributed by atoms with Crippen LogP contribution in [0.25, 0.3) is 0 Å². The minimum Gasteiger partial charge on any atom is -0.303 e. The predicted octanol–water partition coefficient (Wildman–Crippen LogP) is 2.22. The van der Waals surface area contributed by atoms with Crippen LogP contribution in [0.2, 0.25) is 0 Å². The number of alkyl halides is 1. The largest absolute Gasteiger partial charge is 0.303 e. The van der Waals surface area contributed by atoms with Gasteiger partial charge in [-0.2, -0.15) is 0 Å². The maximum absolute atomic E-state index is 7.37. The second-order valence-electron chi connectivity index (χ2n) is 1.77. The van der Waals surface area contributed by atoms with E-state index in [4.69, 9.17) is 5.41 Å². The predicted molar refractivity (Wildman–Crippen MR) is 58.1 cm³/mol. The van der Waals surface area contributed by atoms with Gasteiger partial charge in [-0.3, -0.25) is 4.99 Å². The third-order valence-corrected chi connectivity index (χ3v) is 2.15. The lowest BCUT2D eigenvalue weighted by Crippen LogP contribution is -2.10. The van der Waals surface area contributed by atoms with Gasteiger partial charge in [0.2, 0.25) is 0 Å². The summed E-state index contributed by atoms with van der Waals surface area (Å²) < 4.78 is 0.751. The fraction of sp³-hybridized carbons (Fsp3) is 0.667. The molecule has 10 heavy (non-hydrogen) atoms. The van der Waals surface area contributed by atoms with Crippen molar-refractivity contribution >= 4 is 45.8 Å². The highest BCUT2D eigenvalue weighted by Gasteiger charge is 1.96. The van der Waals surface area contributed by atoms with Gasteiger partial charge in [0.1, 0.15) is 0 Å². The molecular weight excluding hydrogens is 259 g/mol. The third kappa shape index (κ3) is 4.27. The zero-order valence-corrected chi connectivity index (χ0v) is 9.12. The normalized spacial score (nSPS) is 11.7. The lowest BCUT2D eigenvalue weighted by atomic mass is 10.3. The van der Waals surface area contributed by atoms with Gasteiger partial charge >= 0.3 is 0 Å². The molecule has 0 atom stereocenters. The minimum atomic E-state index is 0.634. The SMILES string of the molecule is CSCN=C(C)C(=N)CI. The number of nitrogens with zero attached hydrogens (tertiary/aromatic N) is 1. The number of aliphatic imine (C=N–C) groups is 1. The summed E-state index contributed by atoms with van der Waals surface area (Å²) >= 11 is 3.84. The van der Waals surface area contributed by atoms with Gasteiger partial charge < -0.3 is 5.41 Å². The molecule has 0 radical (unpaired) electrons. The van der Waals surface area contributed by atoms with Crippen LogP contribution in [0.1, 0.15) is 6.92 Å². The Labute approximate surface area is 79.5 Å². The molecule has 0 fully saturated rings. The second kappa shape index (κ2) is 6.15. The van der Waals surface area contributed by atoms with E-state index in [0.29, 0.717) is 5.71 Å².